The van der Waals surface area contributed by atoms with E-state index in [1.54, 1.807) is 30.1 Å². The molecule has 2 rings (SSSR count). The van der Waals surface area contributed by atoms with Gasteiger partial charge in [-0.1, -0.05) is 12.1 Å². The van der Waals surface area contributed by atoms with E-state index in [-0.39, 0.29) is 37.7 Å². The van der Waals surface area contributed by atoms with Crippen molar-refractivity contribution in [3.8, 4) is 5.75 Å². The maximum atomic E-state index is 12.4. The first kappa shape index (κ1) is 16.8. The molecular weight excluding hydrogens is 300 g/mol. The number of amides is 2. The van der Waals surface area contributed by atoms with Crippen LogP contribution in [0.15, 0.2) is 24.3 Å². The molecular formula is C16H20N2O5. The molecule has 0 aromatic heterocycles. The molecule has 1 saturated heterocycles. The number of aliphatic carboxylic acids is 1. The first-order chi connectivity index (χ1) is 10.9. The molecule has 1 aromatic rings. The molecule has 1 aliphatic rings. The topological polar surface area (TPSA) is 87.2 Å². The Bertz CT molecular complexity index is 616. The smallest absolute Gasteiger partial charge is 0.305 e. The van der Waals surface area contributed by atoms with Crippen LogP contribution in [0.2, 0.25) is 0 Å². The molecule has 1 unspecified atom stereocenters. The minimum absolute atomic E-state index is 0.112. The predicted molar refractivity (Wildman–Crippen MR) is 83.3 cm³/mol. The molecule has 23 heavy (non-hydrogen) atoms. The van der Waals surface area contributed by atoms with Crippen LogP contribution in [-0.2, 0) is 14.4 Å². The number of hydrogen-bond acceptors (Lipinski definition) is 4. The van der Waals surface area contributed by atoms with E-state index in [2.05, 4.69) is 0 Å². The molecule has 2 amide bonds. The van der Waals surface area contributed by atoms with Crippen molar-refractivity contribution in [1.29, 1.82) is 0 Å². The van der Waals surface area contributed by atoms with Crippen LogP contribution < -0.4 is 9.64 Å². The van der Waals surface area contributed by atoms with E-state index in [9.17, 15) is 14.4 Å². The first-order valence-corrected chi connectivity index (χ1v) is 7.34. The summed E-state index contributed by atoms with van der Waals surface area (Å²) < 4.78 is 5.26. The number of methoxy groups -OCH3 is 1. The standard InChI is InChI=1S/C16H20N2O5/c1-17(8-7-15(20)21)16(22)11-9-14(19)18(10-11)12-5-3-4-6-13(12)23-2/h3-6,11H,7-10H2,1-2H3,(H,20,21). The maximum absolute atomic E-state index is 12.4. The van der Waals surface area contributed by atoms with E-state index in [1.165, 1.54) is 12.0 Å². The molecule has 1 heterocycles. The van der Waals surface area contributed by atoms with Crippen molar-refractivity contribution in [2.45, 2.75) is 12.8 Å². The Morgan fingerprint density at radius 3 is 2.74 bits per heavy atom. The van der Waals surface area contributed by atoms with Crippen LogP contribution in [0.25, 0.3) is 0 Å². The number of anilines is 1. The van der Waals surface area contributed by atoms with Crippen LogP contribution in [0, 0.1) is 5.92 Å². The Labute approximate surface area is 134 Å². The third kappa shape index (κ3) is 3.80. The monoisotopic (exact) mass is 320 g/mol. The summed E-state index contributed by atoms with van der Waals surface area (Å²) >= 11 is 0. The summed E-state index contributed by atoms with van der Waals surface area (Å²) in [4.78, 5) is 38.1. The summed E-state index contributed by atoms with van der Waals surface area (Å²) in [6, 6.07) is 7.15. The van der Waals surface area contributed by atoms with E-state index in [4.69, 9.17) is 9.84 Å². The third-order valence-electron chi connectivity index (χ3n) is 3.89. The van der Waals surface area contributed by atoms with Gasteiger partial charge in [-0.05, 0) is 12.1 Å². The summed E-state index contributed by atoms with van der Waals surface area (Å²) in [5, 5.41) is 8.69. The zero-order chi connectivity index (χ0) is 17.0. The normalized spacial score (nSPS) is 17.2. The highest BCUT2D eigenvalue weighted by Crippen LogP contribution is 2.33. The van der Waals surface area contributed by atoms with Gasteiger partial charge in [0, 0.05) is 26.6 Å². The summed E-state index contributed by atoms with van der Waals surface area (Å²) in [6.45, 7) is 0.406. The van der Waals surface area contributed by atoms with Crippen molar-refractivity contribution >= 4 is 23.5 Å². The number of ether oxygens (including phenoxy) is 1. The molecule has 0 spiro atoms. The lowest BCUT2D eigenvalue weighted by atomic mass is 10.1. The maximum Gasteiger partial charge on any atom is 0.305 e. The van der Waals surface area contributed by atoms with Crippen LogP contribution >= 0.6 is 0 Å². The fraction of sp³-hybridized carbons (Fsp3) is 0.438. The fourth-order valence-electron chi connectivity index (χ4n) is 2.64. The first-order valence-electron chi connectivity index (χ1n) is 7.34. The lowest BCUT2D eigenvalue weighted by Gasteiger charge is -2.21. The Balaban J connectivity index is 2.07. The van der Waals surface area contributed by atoms with Crippen molar-refractivity contribution in [2.75, 3.05) is 32.1 Å². The number of carboxylic acid groups (broad SMARTS) is 1. The molecule has 0 bridgehead atoms. The van der Waals surface area contributed by atoms with Crippen LogP contribution in [0.3, 0.4) is 0 Å². The molecule has 7 nitrogen and oxygen atoms in total. The Kier molecular flexibility index (Phi) is 5.20. The molecule has 0 aliphatic carbocycles. The highest BCUT2D eigenvalue weighted by Gasteiger charge is 2.37. The van der Waals surface area contributed by atoms with Crippen LogP contribution in [0.4, 0.5) is 5.69 Å². The SMILES string of the molecule is COc1ccccc1N1CC(C(=O)N(C)CCC(=O)O)CC1=O. The minimum Gasteiger partial charge on any atom is -0.495 e. The molecule has 7 heteroatoms. The number of carboxylic acids is 1. The quantitative estimate of drug-likeness (QED) is 0.844. The molecule has 1 atom stereocenters. The average molecular weight is 320 g/mol. The summed E-state index contributed by atoms with van der Waals surface area (Å²) in [7, 11) is 3.09. The highest BCUT2D eigenvalue weighted by atomic mass is 16.5. The van der Waals surface area contributed by atoms with Crippen molar-refractivity contribution < 1.29 is 24.2 Å². The number of carbonyl (C=O) groups is 3. The summed E-state index contributed by atoms with van der Waals surface area (Å²) in [5.74, 6) is -1.20. The van der Waals surface area contributed by atoms with Crippen molar-refractivity contribution in [2.24, 2.45) is 5.92 Å². The second-order valence-electron chi connectivity index (χ2n) is 5.48. The van der Waals surface area contributed by atoms with E-state index in [0.717, 1.165) is 0 Å². The molecule has 1 fully saturated rings. The van der Waals surface area contributed by atoms with Gasteiger partial charge in [-0.15, -0.1) is 0 Å². The number of hydrogen-bond donors (Lipinski definition) is 1. The Morgan fingerprint density at radius 1 is 1.39 bits per heavy atom. The predicted octanol–water partition coefficient (Wildman–Crippen LogP) is 0.981. The minimum atomic E-state index is -0.956. The second-order valence-corrected chi connectivity index (χ2v) is 5.48. The zero-order valence-corrected chi connectivity index (χ0v) is 13.2. The Hall–Kier alpha value is -2.57. The molecule has 1 N–H and O–H groups in total. The van der Waals surface area contributed by atoms with Crippen LogP contribution in [0.5, 0.6) is 5.75 Å². The van der Waals surface area contributed by atoms with Gasteiger partial charge in [0.2, 0.25) is 11.8 Å². The lowest BCUT2D eigenvalue weighted by molar-refractivity contribution is -0.139. The van der Waals surface area contributed by atoms with Crippen molar-refractivity contribution in [3.05, 3.63) is 24.3 Å². The second kappa shape index (κ2) is 7.13. The lowest BCUT2D eigenvalue weighted by Crippen LogP contribution is -2.36. The fourth-order valence-corrected chi connectivity index (χ4v) is 2.64. The molecule has 1 aromatic carbocycles. The third-order valence-corrected chi connectivity index (χ3v) is 3.89. The average Bonchev–Trinajstić information content (AvgIpc) is 2.93. The van der Waals surface area contributed by atoms with E-state index < -0.39 is 11.9 Å². The number of carbonyl (C=O) groups excluding carboxylic acids is 2. The van der Waals surface area contributed by atoms with Crippen LogP contribution in [0.1, 0.15) is 12.8 Å². The molecule has 0 radical (unpaired) electrons. The van der Waals surface area contributed by atoms with Gasteiger partial charge in [0.15, 0.2) is 0 Å². The van der Waals surface area contributed by atoms with Gasteiger partial charge < -0.3 is 19.6 Å². The van der Waals surface area contributed by atoms with E-state index >= 15 is 0 Å². The van der Waals surface area contributed by atoms with Gasteiger partial charge in [-0.2, -0.15) is 0 Å². The zero-order valence-electron chi connectivity index (χ0n) is 13.2. The van der Waals surface area contributed by atoms with Gasteiger partial charge in [-0.3, -0.25) is 14.4 Å². The van der Waals surface area contributed by atoms with Crippen LogP contribution in [-0.4, -0.2) is 55.0 Å². The summed E-state index contributed by atoms with van der Waals surface area (Å²) in [5.41, 5.74) is 0.642. The van der Waals surface area contributed by atoms with Gasteiger partial charge in [0.05, 0.1) is 25.1 Å². The van der Waals surface area contributed by atoms with Crippen molar-refractivity contribution in [1.82, 2.24) is 4.90 Å². The van der Waals surface area contributed by atoms with Gasteiger partial charge >= 0.3 is 5.97 Å². The van der Waals surface area contributed by atoms with Gasteiger partial charge in [0.1, 0.15) is 5.75 Å². The van der Waals surface area contributed by atoms with E-state index in [0.29, 0.717) is 11.4 Å². The van der Waals surface area contributed by atoms with Gasteiger partial charge in [0.25, 0.3) is 0 Å². The van der Waals surface area contributed by atoms with E-state index in [1.807, 2.05) is 6.07 Å². The number of para-hydroxylation sites is 2. The number of nitrogens with zero attached hydrogens (tertiary/aromatic N) is 2. The van der Waals surface area contributed by atoms with Gasteiger partial charge in [-0.25, -0.2) is 0 Å². The Morgan fingerprint density at radius 2 is 2.09 bits per heavy atom. The number of benzene rings is 1. The molecule has 0 saturated carbocycles. The number of rotatable bonds is 6. The van der Waals surface area contributed by atoms with Crippen molar-refractivity contribution in [3.63, 3.8) is 0 Å². The molecule has 124 valence electrons. The summed E-state index contributed by atoms with van der Waals surface area (Å²) in [6.07, 6.45) is 0.00736. The molecule has 1 aliphatic heterocycles. The largest absolute Gasteiger partial charge is 0.495 e. The highest BCUT2D eigenvalue weighted by molar-refractivity contribution is 6.01.